The SMILES string of the molecule is COc1ccc2c(c1)c(CNC(=O)C(C)(C)C)cn2C. The van der Waals surface area contributed by atoms with Crippen molar-refractivity contribution >= 4 is 16.8 Å². The summed E-state index contributed by atoms with van der Waals surface area (Å²) in [6.45, 7) is 6.26. The second-order valence-electron chi connectivity index (χ2n) is 6.08. The largest absolute Gasteiger partial charge is 0.497 e. The number of benzene rings is 1. The molecule has 1 amide bonds. The number of hydrogen-bond acceptors (Lipinski definition) is 2. The first-order chi connectivity index (χ1) is 9.32. The molecule has 0 atom stereocenters. The molecule has 0 saturated heterocycles. The van der Waals surface area contributed by atoms with Gasteiger partial charge in [0.15, 0.2) is 0 Å². The molecular weight excluding hydrogens is 252 g/mol. The lowest BCUT2D eigenvalue weighted by molar-refractivity contribution is -0.128. The van der Waals surface area contributed by atoms with Gasteiger partial charge >= 0.3 is 0 Å². The van der Waals surface area contributed by atoms with Crippen molar-refractivity contribution in [3.05, 3.63) is 30.0 Å². The maximum atomic E-state index is 12.0. The van der Waals surface area contributed by atoms with E-state index >= 15 is 0 Å². The first kappa shape index (κ1) is 14.4. The fraction of sp³-hybridized carbons (Fsp3) is 0.438. The zero-order valence-corrected chi connectivity index (χ0v) is 12.8. The summed E-state index contributed by atoms with van der Waals surface area (Å²) in [5.74, 6) is 0.879. The van der Waals surface area contributed by atoms with Crippen molar-refractivity contribution in [2.24, 2.45) is 12.5 Å². The van der Waals surface area contributed by atoms with Crippen molar-refractivity contribution in [1.82, 2.24) is 9.88 Å². The minimum Gasteiger partial charge on any atom is -0.497 e. The Balaban J connectivity index is 2.28. The summed E-state index contributed by atoms with van der Waals surface area (Å²) >= 11 is 0. The van der Waals surface area contributed by atoms with Crippen LogP contribution in [0.3, 0.4) is 0 Å². The van der Waals surface area contributed by atoms with Crippen LogP contribution in [0.1, 0.15) is 26.3 Å². The molecule has 0 spiro atoms. The van der Waals surface area contributed by atoms with Crippen molar-refractivity contribution in [2.45, 2.75) is 27.3 Å². The molecule has 0 radical (unpaired) electrons. The van der Waals surface area contributed by atoms with E-state index in [4.69, 9.17) is 4.74 Å². The Morgan fingerprint density at radius 1 is 1.35 bits per heavy atom. The smallest absolute Gasteiger partial charge is 0.225 e. The summed E-state index contributed by atoms with van der Waals surface area (Å²) in [5.41, 5.74) is 1.85. The molecule has 0 saturated carbocycles. The van der Waals surface area contributed by atoms with Crippen LogP contribution in [0.25, 0.3) is 10.9 Å². The van der Waals surface area contributed by atoms with Gasteiger partial charge in [0.1, 0.15) is 5.75 Å². The van der Waals surface area contributed by atoms with Crippen LogP contribution in [0.4, 0.5) is 0 Å². The van der Waals surface area contributed by atoms with Crippen molar-refractivity contribution in [1.29, 1.82) is 0 Å². The molecule has 2 rings (SSSR count). The molecule has 0 bridgehead atoms. The minimum absolute atomic E-state index is 0.0531. The predicted octanol–water partition coefficient (Wildman–Crippen LogP) is 2.85. The summed E-state index contributed by atoms with van der Waals surface area (Å²) in [5, 5.41) is 4.10. The van der Waals surface area contributed by atoms with Crippen LogP contribution in [0.2, 0.25) is 0 Å². The van der Waals surface area contributed by atoms with Crippen LogP contribution in [-0.2, 0) is 18.4 Å². The number of fused-ring (bicyclic) bond motifs is 1. The van der Waals surface area contributed by atoms with E-state index in [1.807, 2.05) is 52.2 Å². The number of nitrogens with one attached hydrogen (secondary N) is 1. The van der Waals surface area contributed by atoms with E-state index in [1.165, 1.54) is 0 Å². The molecule has 1 heterocycles. The highest BCUT2D eigenvalue weighted by Crippen LogP contribution is 2.25. The molecule has 0 aliphatic heterocycles. The van der Waals surface area contributed by atoms with Crippen LogP contribution >= 0.6 is 0 Å². The van der Waals surface area contributed by atoms with Crippen molar-refractivity contribution in [2.75, 3.05) is 7.11 Å². The molecule has 0 aliphatic rings. The highest BCUT2D eigenvalue weighted by molar-refractivity contribution is 5.86. The lowest BCUT2D eigenvalue weighted by Crippen LogP contribution is -2.34. The number of aromatic nitrogens is 1. The Bertz CT molecular complexity index is 636. The Morgan fingerprint density at radius 3 is 2.65 bits per heavy atom. The van der Waals surface area contributed by atoms with Crippen molar-refractivity contribution in [3.63, 3.8) is 0 Å². The van der Waals surface area contributed by atoms with Crippen molar-refractivity contribution in [3.8, 4) is 5.75 Å². The molecule has 0 fully saturated rings. The van der Waals surface area contributed by atoms with Gasteiger partial charge < -0.3 is 14.6 Å². The molecule has 4 nitrogen and oxygen atoms in total. The normalized spacial score (nSPS) is 11.7. The number of carbonyl (C=O) groups is 1. The molecule has 4 heteroatoms. The second kappa shape index (κ2) is 5.19. The molecule has 20 heavy (non-hydrogen) atoms. The quantitative estimate of drug-likeness (QED) is 0.935. The number of carbonyl (C=O) groups excluding carboxylic acids is 1. The Hall–Kier alpha value is -1.97. The summed E-state index contributed by atoms with van der Waals surface area (Å²) in [6, 6.07) is 5.98. The van der Waals surface area contributed by atoms with Crippen LogP contribution in [0.5, 0.6) is 5.75 Å². The predicted molar refractivity (Wildman–Crippen MR) is 80.8 cm³/mol. The van der Waals surface area contributed by atoms with Crippen molar-refractivity contribution < 1.29 is 9.53 Å². The number of rotatable bonds is 3. The van der Waals surface area contributed by atoms with Crippen LogP contribution in [-0.4, -0.2) is 17.6 Å². The molecule has 0 unspecified atom stereocenters. The topological polar surface area (TPSA) is 43.3 Å². The van der Waals surface area contributed by atoms with Gasteiger partial charge in [-0.3, -0.25) is 4.79 Å². The Kier molecular flexibility index (Phi) is 3.75. The summed E-state index contributed by atoms with van der Waals surface area (Å²) in [6.07, 6.45) is 2.05. The number of amides is 1. The monoisotopic (exact) mass is 274 g/mol. The van der Waals surface area contributed by atoms with Gasteiger partial charge in [-0.05, 0) is 23.8 Å². The number of methoxy groups -OCH3 is 1. The molecule has 1 N–H and O–H groups in total. The van der Waals surface area contributed by atoms with Gasteiger partial charge in [-0.1, -0.05) is 20.8 Å². The molecule has 2 aromatic rings. The standard InChI is InChI=1S/C16H22N2O2/c1-16(2,3)15(19)17-9-11-10-18(4)14-7-6-12(20-5)8-13(11)14/h6-8,10H,9H2,1-5H3,(H,17,19). The van der Waals surface area contributed by atoms with E-state index in [2.05, 4.69) is 9.88 Å². The fourth-order valence-electron chi connectivity index (χ4n) is 2.16. The minimum atomic E-state index is -0.373. The van der Waals surface area contributed by atoms with E-state index in [1.54, 1.807) is 7.11 Å². The van der Waals surface area contributed by atoms with E-state index in [0.717, 1.165) is 22.2 Å². The van der Waals surface area contributed by atoms with E-state index in [9.17, 15) is 4.79 Å². The molecule has 108 valence electrons. The molecule has 1 aromatic heterocycles. The molecule has 1 aromatic carbocycles. The zero-order chi connectivity index (χ0) is 14.9. The highest BCUT2D eigenvalue weighted by Gasteiger charge is 2.21. The average Bonchev–Trinajstić information content (AvgIpc) is 2.71. The Labute approximate surface area is 119 Å². The van der Waals surface area contributed by atoms with Gasteiger partial charge in [-0.25, -0.2) is 0 Å². The first-order valence-electron chi connectivity index (χ1n) is 6.73. The number of aryl methyl sites for hydroxylation is 1. The average molecular weight is 274 g/mol. The van der Waals surface area contributed by atoms with Crippen LogP contribution < -0.4 is 10.1 Å². The molecular formula is C16H22N2O2. The van der Waals surface area contributed by atoms with Crippen LogP contribution in [0, 0.1) is 5.41 Å². The molecule has 0 aliphatic carbocycles. The third kappa shape index (κ3) is 2.79. The fourth-order valence-corrected chi connectivity index (χ4v) is 2.16. The number of nitrogens with zero attached hydrogens (tertiary/aromatic N) is 1. The third-order valence-electron chi connectivity index (χ3n) is 3.40. The van der Waals surface area contributed by atoms with E-state index in [0.29, 0.717) is 6.54 Å². The highest BCUT2D eigenvalue weighted by atomic mass is 16.5. The van der Waals surface area contributed by atoms with Gasteiger partial charge in [-0.15, -0.1) is 0 Å². The van der Waals surface area contributed by atoms with Gasteiger partial charge in [0, 0.05) is 36.1 Å². The van der Waals surface area contributed by atoms with E-state index in [-0.39, 0.29) is 11.3 Å². The Morgan fingerprint density at radius 2 is 2.05 bits per heavy atom. The van der Waals surface area contributed by atoms with Gasteiger partial charge in [0.05, 0.1) is 7.11 Å². The third-order valence-corrected chi connectivity index (χ3v) is 3.40. The summed E-state index contributed by atoms with van der Waals surface area (Å²) in [7, 11) is 3.66. The van der Waals surface area contributed by atoms with Gasteiger partial charge in [-0.2, -0.15) is 0 Å². The van der Waals surface area contributed by atoms with E-state index < -0.39 is 0 Å². The lowest BCUT2D eigenvalue weighted by atomic mass is 9.95. The summed E-state index contributed by atoms with van der Waals surface area (Å²) < 4.78 is 7.33. The first-order valence-corrected chi connectivity index (χ1v) is 6.73. The number of hydrogen-bond donors (Lipinski definition) is 1. The maximum Gasteiger partial charge on any atom is 0.225 e. The lowest BCUT2D eigenvalue weighted by Gasteiger charge is -2.17. The zero-order valence-electron chi connectivity index (χ0n) is 12.8. The van der Waals surface area contributed by atoms with Gasteiger partial charge in [0.2, 0.25) is 5.91 Å². The maximum absolute atomic E-state index is 12.0. The van der Waals surface area contributed by atoms with Crippen LogP contribution in [0.15, 0.2) is 24.4 Å². The number of ether oxygens (including phenoxy) is 1. The summed E-state index contributed by atoms with van der Waals surface area (Å²) in [4.78, 5) is 12.0. The van der Waals surface area contributed by atoms with Gasteiger partial charge in [0.25, 0.3) is 0 Å². The second-order valence-corrected chi connectivity index (χ2v) is 6.08.